The minimum Gasteiger partial charge on any atom is -0.484 e. The van der Waals surface area contributed by atoms with E-state index in [4.69, 9.17) is 4.74 Å². The van der Waals surface area contributed by atoms with Gasteiger partial charge in [-0.2, -0.15) is 0 Å². The Bertz CT molecular complexity index is 917. The Morgan fingerprint density at radius 1 is 1.06 bits per heavy atom. The Labute approximate surface area is 181 Å². The first kappa shape index (κ1) is 22.3. The predicted octanol–water partition coefficient (Wildman–Crippen LogP) is 3.69. The lowest BCUT2D eigenvalue weighted by atomic mass is 9.97. The quantitative estimate of drug-likeness (QED) is 0.538. The van der Waals surface area contributed by atoms with Crippen LogP contribution < -0.4 is 10.1 Å². The summed E-state index contributed by atoms with van der Waals surface area (Å²) in [6.45, 7) is 4.37. The van der Waals surface area contributed by atoms with Crippen molar-refractivity contribution in [3.05, 3.63) is 69.8 Å². The predicted molar refractivity (Wildman–Crippen MR) is 116 cm³/mol. The number of amides is 2. The standard InChI is InChI=1S/C23H27N3O5/c1-16-4-3-5-17(2)25(16)22(27)15-31-21-12-8-19(9-13-21)23(28)24-14-18-6-10-20(11-7-18)26(29)30/h6-13,16-17H,3-5,14-15H2,1-2H3,(H,24,28). The lowest BCUT2D eigenvalue weighted by Crippen LogP contribution is -2.49. The molecular weight excluding hydrogens is 398 g/mol. The number of ether oxygens (including phenoxy) is 1. The molecule has 2 atom stereocenters. The van der Waals surface area contributed by atoms with E-state index in [2.05, 4.69) is 19.2 Å². The van der Waals surface area contributed by atoms with Gasteiger partial charge in [-0.25, -0.2) is 0 Å². The van der Waals surface area contributed by atoms with E-state index >= 15 is 0 Å². The SMILES string of the molecule is CC1CCCC(C)N1C(=O)COc1ccc(C(=O)NCc2ccc([N+](=O)[O-])cc2)cc1. The summed E-state index contributed by atoms with van der Waals surface area (Å²) in [6.07, 6.45) is 3.17. The van der Waals surface area contributed by atoms with Crippen molar-refractivity contribution >= 4 is 17.5 Å². The second kappa shape index (κ2) is 10.1. The molecule has 1 aliphatic rings. The fraction of sp³-hybridized carbons (Fsp3) is 0.391. The van der Waals surface area contributed by atoms with Crippen molar-refractivity contribution in [2.24, 2.45) is 0 Å². The molecule has 1 saturated heterocycles. The van der Waals surface area contributed by atoms with Crippen LogP contribution in [-0.4, -0.2) is 40.3 Å². The minimum atomic E-state index is -0.465. The van der Waals surface area contributed by atoms with E-state index in [1.807, 2.05) is 4.90 Å². The van der Waals surface area contributed by atoms with E-state index in [-0.39, 0.29) is 42.7 Å². The highest BCUT2D eigenvalue weighted by molar-refractivity contribution is 5.94. The van der Waals surface area contributed by atoms with Gasteiger partial charge in [-0.05, 0) is 62.9 Å². The highest BCUT2D eigenvalue weighted by atomic mass is 16.6. The third-order valence-corrected chi connectivity index (χ3v) is 5.56. The largest absolute Gasteiger partial charge is 0.484 e. The summed E-state index contributed by atoms with van der Waals surface area (Å²) in [6, 6.07) is 13.1. The van der Waals surface area contributed by atoms with Gasteiger partial charge in [-0.1, -0.05) is 12.1 Å². The summed E-state index contributed by atoms with van der Waals surface area (Å²) in [7, 11) is 0. The van der Waals surface area contributed by atoms with E-state index in [0.29, 0.717) is 11.3 Å². The summed E-state index contributed by atoms with van der Waals surface area (Å²) < 4.78 is 5.63. The molecule has 1 aliphatic heterocycles. The highest BCUT2D eigenvalue weighted by Gasteiger charge is 2.28. The molecule has 1 fully saturated rings. The zero-order chi connectivity index (χ0) is 22.4. The Morgan fingerprint density at radius 3 is 2.26 bits per heavy atom. The molecule has 3 rings (SSSR count). The number of nitro groups is 1. The molecule has 0 aliphatic carbocycles. The van der Waals surface area contributed by atoms with Crippen LogP contribution >= 0.6 is 0 Å². The van der Waals surface area contributed by atoms with Crippen LogP contribution in [0.5, 0.6) is 5.75 Å². The lowest BCUT2D eigenvalue weighted by Gasteiger charge is -2.38. The molecule has 8 heteroatoms. The normalized spacial score (nSPS) is 18.3. The molecule has 2 unspecified atom stereocenters. The second-order valence-corrected chi connectivity index (χ2v) is 7.85. The van der Waals surface area contributed by atoms with Crippen LogP contribution in [0.3, 0.4) is 0 Å². The van der Waals surface area contributed by atoms with Crippen LogP contribution in [-0.2, 0) is 11.3 Å². The molecule has 2 aromatic rings. The van der Waals surface area contributed by atoms with Crippen LogP contribution in [0.25, 0.3) is 0 Å². The molecule has 0 radical (unpaired) electrons. The van der Waals surface area contributed by atoms with Crippen LogP contribution in [0.1, 0.15) is 49.0 Å². The van der Waals surface area contributed by atoms with Crippen LogP contribution in [0.15, 0.2) is 48.5 Å². The summed E-state index contributed by atoms with van der Waals surface area (Å²) in [4.78, 5) is 37.0. The third kappa shape index (κ3) is 5.81. The highest BCUT2D eigenvalue weighted by Crippen LogP contribution is 2.23. The van der Waals surface area contributed by atoms with Crippen LogP contribution in [0.4, 0.5) is 5.69 Å². The van der Waals surface area contributed by atoms with E-state index in [0.717, 1.165) is 24.8 Å². The maximum Gasteiger partial charge on any atom is 0.269 e. The van der Waals surface area contributed by atoms with Gasteiger partial charge in [0.15, 0.2) is 6.61 Å². The molecule has 31 heavy (non-hydrogen) atoms. The molecule has 1 heterocycles. The van der Waals surface area contributed by atoms with Gasteiger partial charge in [0.1, 0.15) is 5.75 Å². The average Bonchev–Trinajstić information content (AvgIpc) is 2.76. The number of non-ortho nitro benzene ring substituents is 1. The summed E-state index contributed by atoms with van der Waals surface area (Å²) in [5.41, 5.74) is 1.23. The van der Waals surface area contributed by atoms with Gasteiger partial charge >= 0.3 is 0 Å². The average molecular weight is 425 g/mol. The number of hydrogen-bond acceptors (Lipinski definition) is 5. The first-order valence-corrected chi connectivity index (χ1v) is 10.4. The van der Waals surface area contributed by atoms with Gasteiger partial charge in [-0.3, -0.25) is 19.7 Å². The molecular formula is C23H27N3O5. The van der Waals surface area contributed by atoms with Gasteiger partial charge in [0.2, 0.25) is 0 Å². The minimum absolute atomic E-state index is 0.00773. The zero-order valence-electron chi connectivity index (χ0n) is 17.7. The number of carbonyl (C=O) groups excluding carboxylic acids is 2. The van der Waals surface area contributed by atoms with Crippen LogP contribution in [0.2, 0.25) is 0 Å². The summed E-state index contributed by atoms with van der Waals surface area (Å²) in [5, 5.41) is 13.5. The van der Waals surface area contributed by atoms with Crippen molar-refractivity contribution in [2.75, 3.05) is 6.61 Å². The van der Waals surface area contributed by atoms with Gasteiger partial charge < -0.3 is 15.0 Å². The van der Waals surface area contributed by atoms with Crippen molar-refractivity contribution in [1.29, 1.82) is 0 Å². The molecule has 2 amide bonds. The van der Waals surface area contributed by atoms with Gasteiger partial charge in [-0.15, -0.1) is 0 Å². The Balaban J connectivity index is 1.49. The summed E-state index contributed by atoms with van der Waals surface area (Å²) >= 11 is 0. The molecule has 2 aromatic carbocycles. The van der Waals surface area contributed by atoms with Gasteiger partial charge in [0, 0.05) is 36.3 Å². The maximum atomic E-state index is 12.5. The second-order valence-electron chi connectivity index (χ2n) is 7.85. The van der Waals surface area contributed by atoms with E-state index in [9.17, 15) is 19.7 Å². The summed E-state index contributed by atoms with van der Waals surface area (Å²) in [5.74, 6) is 0.235. The number of likely N-dealkylation sites (tertiary alicyclic amines) is 1. The number of hydrogen-bond donors (Lipinski definition) is 1. The number of rotatable bonds is 7. The van der Waals surface area contributed by atoms with E-state index < -0.39 is 4.92 Å². The first-order chi connectivity index (χ1) is 14.8. The Kier molecular flexibility index (Phi) is 7.23. The number of nitrogens with zero attached hydrogens (tertiary/aromatic N) is 2. The molecule has 1 N–H and O–H groups in total. The smallest absolute Gasteiger partial charge is 0.269 e. The number of nitrogens with one attached hydrogen (secondary N) is 1. The van der Waals surface area contributed by atoms with Gasteiger partial charge in [0.05, 0.1) is 4.92 Å². The molecule has 8 nitrogen and oxygen atoms in total. The molecule has 0 bridgehead atoms. The number of carbonyl (C=O) groups is 2. The number of benzene rings is 2. The van der Waals surface area contributed by atoms with Crippen LogP contribution in [0, 0.1) is 10.1 Å². The molecule has 0 spiro atoms. The van der Waals surface area contributed by atoms with Crippen molar-refractivity contribution in [3.63, 3.8) is 0 Å². The van der Waals surface area contributed by atoms with Crippen molar-refractivity contribution in [1.82, 2.24) is 10.2 Å². The first-order valence-electron chi connectivity index (χ1n) is 10.4. The van der Waals surface area contributed by atoms with E-state index in [1.165, 1.54) is 12.1 Å². The maximum absolute atomic E-state index is 12.5. The molecule has 164 valence electrons. The van der Waals surface area contributed by atoms with Crippen molar-refractivity contribution in [2.45, 2.75) is 51.7 Å². The van der Waals surface area contributed by atoms with Crippen molar-refractivity contribution < 1.29 is 19.2 Å². The fourth-order valence-corrected chi connectivity index (χ4v) is 3.85. The lowest BCUT2D eigenvalue weighted by molar-refractivity contribution is -0.384. The van der Waals surface area contributed by atoms with E-state index in [1.54, 1.807) is 36.4 Å². The van der Waals surface area contributed by atoms with Crippen molar-refractivity contribution in [3.8, 4) is 5.75 Å². The topological polar surface area (TPSA) is 102 Å². The zero-order valence-corrected chi connectivity index (χ0v) is 17.7. The number of nitro benzene ring substituents is 1. The fourth-order valence-electron chi connectivity index (χ4n) is 3.85. The number of piperidine rings is 1. The molecule has 0 aromatic heterocycles. The van der Waals surface area contributed by atoms with Gasteiger partial charge in [0.25, 0.3) is 17.5 Å². The Morgan fingerprint density at radius 2 is 1.68 bits per heavy atom. The third-order valence-electron chi connectivity index (χ3n) is 5.56. The molecule has 0 saturated carbocycles. The monoisotopic (exact) mass is 425 g/mol. The Hall–Kier alpha value is -3.42.